The Hall–Kier alpha value is -0.940. The number of carboxylic acid groups (broad SMARTS) is 1. The van der Waals surface area contributed by atoms with E-state index in [0.29, 0.717) is 12.8 Å². The van der Waals surface area contributed by atoms with Crippen LogP contribution >= 0.6 is 0 Å². The van der Waals surface area contributed by atoms with E-state index >= 15 is 0 Å². The summed E-state index contributed by atoms with van der Waals surface area (Å²) >= 11 is 0. The summed E-state index contributed by atoms with van der Waals surface area (Å²) in [6.45, 7) is 1.56. The third kappa shape index (κ3) is 4.72. The fraction of sp³-hybridized carbons (Fsp3) is 0.818. The molecule has 92 valence electrons. The Morgan fingerprint density at radius 1 is 1.38 bits per heavy atom. The molecular weight excluding hydrogens is 210 g/mol. The summed E-state index contributed by atoms with van der Waals surface area (Å²) in [6.07, 6.45) is 3.89. The number of hydrogen-bond donors (Lipinski definition) is 2. The van der Waals surface area contributed by atoms with E-state index < -0.39 is 12.0 Å². The van der Waals surface area contributed by atoms with Crippen molar-refractivity contribution in [2.45, 2.75) is 57.3 Å². The number of carbonyl (C=O) groups excluding carboxylic acids is 1. The fourth-order valence-corrected chi connectivity index (χ4v) is 1.73. The standard InChI is InChI=1S/C11H19NO4/c1-7(13)6-10-9(16-10)5-3-2-4-8(12)11(14)15/h8-10H,2-6,12H2,1H3,(H,14,15)/t8?,9-,10?/m1/s1. The van der Waals surface area contributed by atoms with E-state index in [9.17, 15) is 9.59 Å². The molecule has 16 heavy (non-hydrogen) atoms. The topological polar surface area (TPSA) is 92.9 Å². The average molecular weight is 229 g/mol. The number of ketones is 1. The number of aliphatic carboxylic acids is 1. The van der Waals surface area contributed by atoms with Gasteiger partial charge in [-0.1, -0.05) is 12.8 Å². The van der Waals surface area contributed by atoms with Crippen LogP contribution in [0.3, 0.4) is 0 Å². The minimum atomic E-state index is -0.947. The third-order valence-corrected chi connectivity index (χ3v) is 2.75. The lowest BCUT2D eigenvalue weighted by atomic mass is 10.1. The van der Waals surface area contributed by atoms with Crippen LogP contribution < -0.4 is 5.73 Å². The van der Waals surface area contributed by atoms with Gasteiger partial charge in [-0.05, 0) is 19.8 Å². The Morgan fingerprint density at radius 2 is 2.06 bits per heavy atom. The number of hydrogen-bond acceptors (Lipinski definition) is 4. The molecule has 0 spiro atoms. The quantitative estimate of drug-likeness (QED) is 0.472. The number of Topliss-reactive ketones (excluding diaryl/α,β-unsaturated/α-hetero) is 1. The normalized spacial score (nSPS) is 25.1. The number of unbranched alkanes of at least 4 members (excludes halogenated alkanes) is 1. The van der Waals surface area contributed by atoms with Crippen LogP contribution in [-0.4, -0.2) is 35.1 Å². The molecule has 1 aliphatic heterocycles. The maximum Gasteiger partial charge on any atom is 0.320 e. The molecule has 0 saturated carbocycles. The van der Waals surface area contributed by atoms with Crippen molar-refractivity contribution in [3.63, 3.8) is 0 Å². The predicted octanol–water partition coefficient (Wildman–Crippen LogP) is 0.705. The van der Waals surface area contributed by atoms with Crippen LogP contribution in [0.1, 0.15) is 39.0 Å². The number of ether oxygens (including phenoxy) is 1. The van der Waals surface area contributed by atoms with Crippen molar-refractivity contribution in [1.29, 1.82) is 0 Å². The van der Waals surface area contributed by atoms with Crippen LogP contribution in [0.15, 0.2) is 0 Å². The molecule has 0 radical (unpaired) electrons. The Morgan fingerprint density at radius 3 is 2.62 bits per heavy atom. The van der Waals surface area contributed by atoms with E-state index in [2.05, 4.69) is 0 Å². The van der Waals surface area contributed by atoms with Gasteiger partial charge in [0.05, 0.1) is 12.2 Å². The SMILES string of the molecule is CC(=O)CC1O[C@@H]1CCCCC(N)C(=O)O. The molecule has 1 rings (SSSR count). The van der Waals surface area contributed by atoms with Crippen molar-refractivity contribution in [3.05, 3.63) is 0 Å². The number of carboxylic acids is 1. The van der Waals surface area contributed by atoms with Crippen molar-refractivity contribution in [2.75, 3.05) is 0 Å². The van der Waals surface area contributed by atoms with Gasteiger partial charge in [-0.15, -0.1) is 0 Å². The Labute approximate surface area is 95.0 Å². The van der Waals surface area contributed by atoms with Gasteiger partial charge in [-0.3, -0.25) is 9.59 Å². The fourth-order valence-electron chi connectivity index (χ4n) is 1.73. The molecule has 3 atom stereocenters. The van der Waals surface area contributed by atoms with E-state index in [1.54, 1.807) is 6.92 Å². The van der Waals surface area contributed by atoms with Gasteiger partial charge >= 0.3 is 5.97 Å². The van der Waals surface area contributed by atoms with Gasteiger partial charge in [0.25, 0.3) is 0 Å². The highest BCUT2D eigenvalue weighted by atomic mass is 16.6. The van der Waals surface area contributed by atoms with Gasteiger partial charge in [0.15, 0.2) is 0 Å². The molecule has 1 aliphatic rings. The van der Waals surface area contributed by atoms with Crippen LogP contribution in [0.25, 0.3) is 0 Å². The smallest absolute Gasteiger partial charge is 0.320 e. The lowest BCUT2D eigenvalue weighted by Crippen LogP contribution is -2.29. The molecule has 1 saturated heterocycles. The first-order valence-electron chi connectivity index (χ1n) is 5.64. The molecule has 3 N–H and O–H groups in total. The molecule has 5 nitrogen and oxygen atoms in total. The number of epoxide rings is 1. The second-order valence-electron chi connectivity index (χ2n) is 4.35. The molecule has 5 heteroatoms. The highest BCUT2D eigenvalue weighted by Crippen LogP contribution is 2.30. The number of nitrogens with two attached hydrogens (primary N) is 1. The summed E-state index contributed by atoms with van der Waals surface area (Å²) in [5.41, 5.74) is 5.37. The van der Waals surface area contributed by atoms with Gasteiger partial charge in [-0.25, -0.2) is 0 Å². The summed E-state index contributed by atoms with van der Waals surface area (Å²) in [5.74, 6) is -0.794. The van der Waals surface area contributed by atoms with Crippen molar-refractivity contribution in [1.82, 2.24) is 0 Å². The summed E-state index contributed by atoms with van der Waals surface area (Å²) < 4.78 is 5.31. The lowest BCUT2D eigenvalue weighted by molar-refractivity contribution is -0.138. The van der Waals surface area contributed by atoms with Gasteiger partial charge < -0.3 is 15.6 Å². The Kier molecular flexibility index (Phi) is 4.89. The van der Waals surface area contributed by atoms with E-state index in [1.165, 1.54) is 0 Å². The molecule has 0 aliphatic carbocycles. The van der Waals surface area contributed by atoms with Crippen LogP contribution in [0, 0.1) is 0 Å². The monoisotopic (exact) mass is 229 g/mol. The van der Waals surface area contributed by atoms with Crippen molar-refractivity contribution in [2.24, 2.45) is 5.73 Å². The van der Waals surface area contributed by atoms with Gasteiger partial charge in [-0.2, -0.15) is 0 Å². The second-order valence-corrected chi connectivity index (χ2v) is 4.35. The zero-order chi connectivity index (χ0) is 12.1. The van der Waals surface area contributed by atoms with Crippen molar-refractivity contribution < 1.29 is 19.4 Å². The first kappa shape index (κ1) is 13.1. The largest absolute Gasteiger partial charge is 0.480 e. The van der Waals surface area contributed by atoms with E-state index in [0.717, 1.165) is 19.3 Å². The molecular formula is C11H19NO4. The highest BCUT2D eigenvalue weighted by molar-refractivity contribution is 5.76. The van der Waals surface area contributed by atoms with E-state index in [1.807, 2.05) is 0 Å². The maximum atomic E-state index is 10.8. The number of rotatable bonds is 8. The summed E-state index contributed by atoms with van der Waals surface area (Å²) in [7, 11) is 0. The molecule has 0 aromatic heterocycles. The summed E-state index contributed by atoms with van der Waals surface area (Å²) in [4.78, 5) is 21.2. The van der Waals surface area contributed by atoms with Crippen molar-refractivity contribution in [3.8, 4) is 0 Å². The molecule has 0 amide bonds. The van der Waals surface area contributed by atoms with Crippen LogP contribution in [0.5, 0.6) is 0 Å². The first-order chi connectivity index (χ1) is 7.50. The zero-order valence-electron chi connectivity index (χ0n) is 9.52. The van der Waals surface area contributed by atoms with Crippen LogP contribution in [0.4, 0.5) is 0 Å². The van der Waals surface area contributed by atoms with Gasteiger partial charge in [0.1, 0.15) is 11.8 Å². The zero-order valence-corrected chi connectivity index (χ0v) is 9.52. The minimum Gasteiger partial charge on any atom is -0.480 e. The minimum absolute atomic E-state index is 0.102. The van der Waals surface area contributed by atoms with Gasteiger partial charge in [0, 0.05) is 6.42 Å². The lowest BCUT2D eigenvalue weighted by Gasteiger charge is -2.04. The summed E-state index contributed by atoms with van der Waals surface area (Å²) in [5, 5.41) is 8.56. The average Bonchev–Trinajstić information content (AvgIpc) is 2.89. The third-order valence-electron chi connectivity index (χ3n) is 2.75. The first-order valence-corrected chi connectivity index (χ1v) is 5.64. The van der Waals surface area contributed by atoms with Crippen molar-refractivity contribution >= 4 is 11.8 Å². The van der Waals surface area contributed by atoms with Gasteiger partial charge in [0.2, 0.25) is 0 Å². The maximum absolute atomic E-state index is 10.8. The molecule has 0 aromatic rings. The Balaban J connectivity index is 1.97. The Bertz CT molecular complexity index is 267. The predicted molar refractivity (Wildman–Crippen MR) is 58.0 cm³/mol. The molecule has 2 unspecified atom stereocenters. The van der Waals surface area contributed by atoms with E-state index in [4.69, 9.17) is 15.6 Å². The van der Waals surface area contributed by atoms with Crippen LogP contribution in [0.2, 0.25) is 0 Å². The number of carbonyl (C=O) groups is 2. The van der Waals surface area contributed by atoms with Crippen LogP contribution in [-0.2, 0) is 14.3 Å². The second kappa shape index (κ2) is 5.96. The van der Waals surface area contributed by atoms with E-state index in [-0.39, 0.29) is 18.0 Å². The molecule has 1 fully saturated rings. The molecule has 1 heterocycles. The molecule has 0 bridgehead atoms. The highest BCUT2D eigenvalue weighted by Gasteiger charge is 2.38. The summed E-state index contributed by atoms with van der Waals surface area (Å²) in [6, 6.07) is -0.756. The molecule has 0 aromatic carbocycles.